The first-order valence-electron chi connectivity index (χ1n) is 3.16. The fraction of sp³-hybridized carbons (Fsp3) is 0.286. The molecule has 1 heterocycles. The Labute approximate surface area is 88.5 Å². The normalized spacial score (nSPS) is 7.92. The number of nitrogens with one attached hydrogen (secondary N) is 1. The summed E-state index contributed by atoms with van der Waals surface area (Å²) in [5, 5.41) is 2.60. The van der Waals surface area contributed by atoms with Crippen LogP contribution in [-0.4, -0.2) is 19.1 Å². The van der Waals surface area contributed by atoms with Crippen LogP contribution in [0.2, 0.25) is 0 Å². The highest BCUT2D eigenvalue weighted by atomic mass is 35.5. The number of anilines is 1. The van der Waals surface area contributed by atoms with Gasteiger partial charge in [0.2, 0.25) is 5.82 Å². The van der Waals surface area contributed by atoms with Gasteiger partial charge in [0, 0.05) is 19.3 Å². The minimum Gasteiger partial charge on any atom is -0.493 e. The van der Waals surface area contributed by atoms with Gasteiger partial charge >= 0.3 is 0 Å². The van der Waals surface area contributed by atoms with E-state index in [0.717, 1.165) is 0 Å². The van der Waals surface area contributed by atoms with E-state index in [2.05, 4.69) is 10.3 Å². The van der Waals surface area contributed by atoms with Crippen molar-refractivity contribution in [3.63, 3.8) is 0 Å². The summed E-state index contributed by atoms with van der Waals surface area (Å²) in [4.78, 5) is 3.74. The summed E-state index contributed by atoms with van der Waals surface area (Å²) in [6, 6.07) is 1.47. The van der Waals surface area contributed by atoms with Crippen molar-refractivity contribution in [1.82, 2.24) is 4.98 Å². The van der Waals surface area contributed by atoms with Crippen LogP contribution < -0.4 is 10.1 Å². The molecule has 0 aliphatic rings. The van der Waals surface area contributed by atoms with Crippen LogP contribution in [0.25, 0.3) is 0 Å². The molecule has 0 unspecified atom stereocenters. The van der Waals surface area contributed by atoms with E-state index in [4.69, 9.17) is 4.74 Å². The van der Waals surface area contributed by atoms with E-state index in [9.17, 15) is 4.39 Å². The largest absolute Gasteiger partial charge is 0.493 e. The summed E-state index contributed by atoms with van der Waals surface area (Å²) in [5.41, 5.74) is 0. The lowest BCUT2D eigenvalue weighted by molar-refractivity contribution is 0.386. The Morgan fingerprint density at radius 1 is 1.46 bits per heavy atom. The van der Waals surface area contributed by atoms with Gasteiger partial charge < -0.3 is 10.1 Å². The van der Waals surface area contributed by atoms with E-state index < -0.39 is 5.82 Å². The second kappa shape index (κ2) is 6.74. The first-order chi connectivity index (χ1) is 5.29. The first-order valence-corrected chi connectivity index (χ1v) is 3.16. The van der Waals surface area contributed by atoms with E-state index in [-0.39, 0.29) is 36.4 Å². The highest BCUT2D eigenvalue weighted by molar-refractivity contribution is 5.85. The third-order valence-corrected chi connectivity index (χ3v) is 1.31. The molecule has 6 heteroatoms. The Morgan fingerprint density at radius 2 is 2.08 bits per heavy atom. The van der Waals surface area contributed by atoms with Crippen LogP contribution in [0.4, 0.5) is 10.2 Å². The molecule has 13 heavy (non-hydrogen) atoms. The van der Waals surface area contributed by atoms with Crippen LogP contribution in [0.15, 0.2) is 12.3 Å². The predicted molar refractivity (Wildman–Crippen MR) is 54.8 cm³/mol. The molecule has 0 fully saturated rings. The SMILES string of the molecule is CNc1nccc(OC)c1F.Cl.Cl. The predicted octanol–water partition coefficient (Wildman–Crippen LogP) is 2.11. The Balaban J connectivity index is 0. The molecule has 3 nitrogen and oxygen atoms in total. The van der Waals surface area contributed by atoms with Gasteiger partial charge in [-0.05, 0) is 0 Å². The lowest BCUT2D eigenvalue weighted by atomic mass is 10.4. The molecule has 0 bridgehead atoms. The molecule has 0 saturated carbocycles. The number of methoxy groups -OCH3 is 1. The summed E-state index contributed by atoms with van der Waals surface area (Å²) >= 11 is 0. The average Bonchev–Trinajstić information content (AvgIpc) is 2.05. The fourth-order valence-electron chi connectivity index (χ4n) is 0.758. The van der Waals surface area contributed by atoms with Crippen molar-refractivity contribution in [2.45, 2.75) is 0 Å². The zero-order valence-corrected chi connectivity index (χ0v) is 8.84. The number of pyridine rings is 1. The van der Waals surface area contributed by atoms with Crippen molar-refractivity contribution in [3.8, 4) is 5.75 Å². The lowest BCUT2D eigenvalue weighted by Gasteiger charge is -2.04. The number of hydrogen-bond donors (Lipinski definition) is 1. The van der Waals surface area contributed by atoms with E-state index in [1.54, 1.807) is 7.05 Å². The zero-order valence-electron chi connectivity index (χ0n) is 7.20. The molecular weight excluding hydrogens is 218 g/mol. The van der Waals surface area contributed by atoms with Crippen molar-refractivity contribution in [3.05, 3.63) is 18.1 Å². The number of hydrogen-bond acceptors (Lipinski definition) is 3. The topological polar surface area (TPSA) is 34.2 Å². The monoisotopic (exact) mass is 228 g/mol. The maximum absolute atomic E-state index is 13.0. The van der Waals surface area contributed by atoms with Gasteiger partial charge in [0.25, 0.3) is 0 Å². The van der Waals surface area contributed by atoms with Crippen molar-refractivity contribution < 1.29 is 9.13 Å². The van der Waals surface area contributed by atoms with Crippen molar-refractivity contribution in [2.75, 3.05) is 19.5 Å². The standard InChI is InChI=1S/C7H9FN2O.2ClH/c1-9-7-6(8)5(11-2)3-4-10-7;;/h3-4H,1-2H3,(H,9,10);2*1H. The highest BCUT2D eigenvalue weighted by Gasteiger charge is 2.06. The van der Waals surface area contributed by atoms with Crippen molar-refractivity contribution in [1.29, 1.82) is 0 Å². The number of aromatic nitrogens is 1. The molecule has 1 aromatic heterocycles. The van der Waals surface area contributed by atoms with Gasteiger partial charge in [0.1, 0.15) is 0 Å². The van der Waals surface area contributed by atoms with E-state index in [1.807, 2.05) is 0 Å². The maximum atomic E-state index is 13.0. The molecule has 0 aliphatic heterocycles. The first kappa shape index (κ1) is 14.8. The quantitative estimate of drug-likeness (QED) is 0.843. The van der Waals surface area contributed by atoms with Crippen LogP contribution in [0.1, 0.15) is 0 Å². The zero-order chi connectivity index (χ0) is 8.27. The molecule has 1 N–H and O–H groups in total. The van der Waals surface area contributed by atoms with E-state index in [0.29, 0.717) is 0 Å². The second-order valence-corrected chi connectivity index (χ2v) is 1.93. The summed E-state index contributed by atoms with van der Waals surface area (Å²) < 4.78 is 17.8. The molecule has 0 atom stereocenters. The average molecular weight is 229 g/mol. The van der Waals surface area contributed by atoms with Gasteiger partial charge in [-0.15, -0.1) is 24.8 Å². The minimum atomic E-state index is -0.461. The molecule has 0 aliphatic carbocycles. The second-order valence-electron chi connectivity index (χ2n) is 1.93. The van der Waals surface area contributed by atoms with E-state index in [1.165, 1.54) is 19.4 Å². The summed E-state index contributed by atoms with van der Waals surface area (Å²) in [6.07, 6.45) is 1.48. The summed E-state index contributed by atoms with van der Waals surface area (Å²) in [5.74, 6) is -0.0637. The summed E-state index contributed by atoms with van der Waals surface area (Å²) in [7, 11) is 3.02. The molecular formula is C7H11Cl2FN2O. The van der Waals surface area contributed by atoms with Gasteiger partial charge in [0.05, 0.1) is 7.11 Å². The van der Waals surface area contributed by atoms with Crippen molar-refractivity contribution in [2.24, 2.45) is 0 Å². The number of halogens is 3. The Bertz CT molecular complexity index is 238. The third kappa shape index (κ3) is 3.24. The third-order valence-electron chi connectivity index (χ3n) is 1.31. The Hall–Kier alpha value is -0.740. The van der Waals surface area contributed by atoms with Crippen LogP contribution in [0.3, 0.4) is 0 Å². The van der Waals surface area contributed by atoms with Crippen LogP contribution in [0, 0.1) is 5.82 Å². The van der Waals surface area contributed by atoms with Gasteiger partial charge in [0.15, 0.2) is 11.6 Å². The molecule has 0 aromatic carbocycles. The Kier molecular flexibility index (Phi) is 7.66. The van der Waals surface area contributed by atoms with Crippen LogP contribution >= 0.6 is 24.8 Å². The van der Waals surface area contributed by atoms with Gasteiger partial charge in [-0.2, -0.15) is 4.39 Å². The van der Waals surface area contributed by atoms with E-state index >= 15 is 0 Å². The lowest BCUT2D eigenvalue weighted by Crippen LogP contribution is -1.98. The molecule has 0 saturated heterocycles. The fourth-order valence-corrected chi connectivity index (χ4v) is 0.758. The number of rotatable bonds is 2. The van der Waals surface area contributed by atoms with Gasteiger partial charge in [-0.3, -0.25) is 0 Å². The maximum Gasteiger partial charge on any atom is 0.207 e. The molecule has 76 valence electrons. The molecule has 0 amide bonds. The highest BCUT2D eigenvalue weighted by Crippen LogP contribution is 2.20. The Morgan fingerprint density at radius 3 is 2.54 bits per heavy atom. The van der Waals surface area contributed by atoms with Gasteiger partial charge in [-0.25, -0.2) is 4.98 Å². The molecule has 0 spiro atoms. The van der Waals surface area contributed by atoms with Crippen LogP contribution in [-0.2, 0) is 0 Å². The number of nitrogens with zero attached hydrogens (tertiary/aromatic N) is 1. The smallest absolute Gasteiger partial charge is 0.207 e. The van der Waals surface area contributed by atoms with Crippen molar-refractivity contribution >= 4 is 30.6 Å². The minimum absolute atomic E-state index is 0. The molecule has 0 radical (unpaired) electrons. The van der Waals surface area contributed by atoms with Crippen LogP contribution in [0.5, 0.6) is 5.75 Å². The molecule has 1 aromatic rings. The molecule has 1 rings (SSSR count). The van der Waals surface area contributed by atoms with Gasteiger partial charge in [-0.1, -0.05) is 0 Å². The number of ether oxygens (including phenoxy) is 1. The summed E-state index contributed by atoms with van der Waals surface area (Å²) in [6.45, 7) is 0.